The molecular formula is C10H15N3O3S. The number of aromatic nitrogens is 2. The van der Waals surface area contributed by atoms with E-state index in [0.717, 1.165) is 5.69 Å². The van der Waals surface area contributed by atoms with Gasteiger partial charge in [-0.15, -0.1) is 0 Å². The molecule has 0 saturated carbocycles. The summed E-state index contributed by atoms with van der Waals surface area (Å²) in [5.41, 5.74) is 0.778. The summed E-state index contributed by atoms with van der Waals surface area (Å²) < 4.78 is 27.6. The largest absolute Gasteiger partial charge is 0.467 e. The van der Waals surface area contributed by atoms with E-state index in [-0.39, 0.29) is 23.6 Å². The first kappa shape index (κ1) is 12.1. The molecule has 0 aliphatic carbocycles. The second kappa shape index (κ2) is 4.48. The highest BCUT2D eigenvalue weighted by Gasteiger charge is 2.28. The van der Waals surface area contributed by atoms with Crippen molar-refractivity contribution >= 4 is 15.7 Å². The van der Waals surface area contributed by atoms with Crippen LogP contribution in [0, 0.1) is 6.92 Å². The summed E-state index contributed by atoms with van der Waals surface area (Å²) in [6, 6.07) is 1.99. The fourth-order valence-corrected chi connectivity index (χ4v) is 3.50. The lowest BCUT2D eigenvalue weighted by Gasteiger charge is -2.12. The van der Waals surface area contributed by atoms with Crippen molar-refractivity contribution in [1.82, 2.24) is 9.97 Å². The van der Waals surface area contributed by atoms with Crippen LogP contribution in [0.1, 0.15) is 12.1 Å². The van der Waals surface area contributed by atoms with Gasteiger partial charge >= 0.3 is 6.01 Å². The molecule has 1 atom stereocenters. The van der Waals surface area contributed by atoms with Gasteiger partial charge in [-0.2, -0.15) is 4.98 Å². The number of nitrogens with one attached hydrogen (secondary N) is 1. The van der Waals surface area contributed by atoms with E-state index >= 15 is 0 Å². The number of rotatable bonds is 3. The molecule has 0 bridgehead atoms. The summed E-state index contributed by atoms with van der Waals surface area (Å²) >= 11 is 0. The molecule has 2 heterocycles. The van der Waals surface area contributed by atoms with E-state index in [9.17, 15) is 8.42 Å². The molecule has 6 nitrogen and oxygen atoms in total. The predicted molar refractivity (Wildman–Crippen MR) is 64.0 cm³/mol. The fourth-order valence-electron chi connectivity index (χ4n) is 1.82. The van der Waals surface area contributed by atoms with Gasteiger partial charge in [0.2, 0.25) is 0 Å². The number of aryl methyl sites for hydroxylation is 1. The van der Waals surface area contributed by atoms with Gasteiger partial charge in [0, 0.05) is 17.8 Å². The van der Waals surface area contributed by atoms with Crippen molar-refractivity contribution in [1.29, 1.82) is 0 Å². The van der Waals surface area contributed by atoms with Crippen molar-refractivity contribution < 1.29 is 13.2 Å². The molecule has 0 amide bonds. The van der Waals surface area contributed by atoms with Crippen molar-refractivity contribution in [3.05, 3.63) is 11.8 Å². The van der Waals surface area contributed by atoms with Crippen molar-refractivity contribution in [2.24, 2.45) is 0 Å². The highest BCUT2D eigenvalue weighted by Crippen LogP contribution is 2.18. The Kier molecular flexibility index (Phi) is 3.19. The summed E-state index contributed by atoms with van der Waals surface area (Å²) in [4.78, 5) is 8.19. The monoisotopic (exact) mass is 257 g/mol. The van der Waals surface area contributed by atoms with Crippen molar-refractivity contribution in [2.45, 2.75) is 19.4 Å². The maximum Gasteiger partial charge on any atom is 0.318 e. The summed E-state index contributed by atoms with van der Waals surface area (Å²) in [7, 11) is -1.38. The van der Waals surface area contributed by atoms with Crippen LogP contribution in [0.4, 0.5) is 5.82 Å². The number of ether oxygens (including phenoxy) is 1. The normalized spacial score (nSPS) is 22.4. The third kappa shape index (κ3) is 3.06. The Morgan fingerprint density at radius 2 is 2.24 bits per heavy atom. The predicted octanol–water partition coefficient (Wildman–Crippen LogP) is 0.393. The summed E-state index contributed by atoms with van der Waals surface area (Å²) in [5, 5.41) is 3.10. The first-order valence-electron chi connectivity index (χ1n) is 5.35. The highest BCUT2D eigenvalue weighted by molar-refractivity contribution is 7.91. The quantitative estimate of drug-likeness (QED) is 0.843. The average molecular weight is 257 g/mol. The Bertz CT molecular complexity index is 516. The molecule has 1 saturated heterocycles. The van der Waals surface area contributed by atoms with Crippen LogP contribution in [0.15, 0.2) is 6.07 Å². The van der Waals surface area contributed by atoms with E-state index in [4.69, 9.17) is 4.74 Å². The van der Waals surface area contributed by atoms with Crippen LogP contribution in [0.2, 0.25) is 0 Å². The lowest BCUT2D eigenvalue weighted by Crippen LogP contribution is -2.21. The Morgan fingerprint density at radius 3 is 2.82 bits per heavy atom. The van der Waals surface area contributed by atoms with Gasteiger partial charge in [-0.1, -0.05) is 0 Å². The third-order valence-electron chi connectivity index (χ3n) is 2.60. The molecule has 7 heteroatoms. The van der Waals surface area contributed by atoms with Crippen molar-refractivity contribution in [2.75, 3.05) is 23.9 Å². The Balaban J connectivity index is 2.11. The van der Waals surface area contributed by atoms with Crippen molar-refractivity contribution in [3.8, 4) is 6.01 Å². The molecular weight excluding hydrogens is 242 g/mol. The molecule has 17 heavy (non-hydrogen) atoms. The van der Waals surface area contributed by atoms with Crippen LogP contribution in [0.5, 0.6) is 6.01 Å². The molecule has 1 aliphatic heterocycles. The second-order valence-electron chi connectivity index (χ2n) is 4.13. The van der Waals surface area contributed by atoms with Gasteiger partial charge in [-0.3, -0.25) is 0 Å². The van der Waals surface area contributed by atoms with Crippen LogP contribution in [-0.4, -0.2) is 43.0 Å². The number of anilines is 1. The average Bonchev–Trinajstić information content (AvgIpc) is 2.57. The number of sulfone groups is 1. The van der Waals surface area contributed by atoms with Gasteiger partial charge in [-0.05, 0) is 13.3 Å². The van der Waals surface area contributed by atoms with Gasteiger partial charge in [-0.25, -0.2) is 13.4 Å². The van der Waals surface area contributed by atoms with Crippen LogP contribution in [0.25, 0.3) is 0 Å². The zero-order valence-corrected chi connectivity index (χ0v) is 10.6. The maximum atomic E-state index is 11.3. The summed E-state index contributed by atoms with van der Waals surface area (Å²) in [5.74, 6) is 1.01. The fraction of sp³-hybridized carbons (Fsp3) is 0.600. The van der Waals surface area contributed by atoms with Crippen LogP contribution in [-0.2, 0) is 9.84 Å². The molecule has 94 valence electrons. The maximum absolute atomic E-state index is 11.3. The lowest BCUT2D eigenvalue weighted by atomic mass is 10.2. The van der Waals surface area contributed by atoms with Crippen LogP contribution < -0.4 is 10.1 Å². The SMILES string of the molecule is COc1nc(C)cc(NC2CCS(=O)(=O)C2)n1. The molecule has 0 spiro atoms. The first-order chi connectivity index (χ1) is 7.98. The number of hydrogen-bond donors (Lipinski definition) is 1. The van der Waals surface area contributed by atoms with E-state index < -0.39 is 9.84 Å². The lowest BCUT2D eigenvalue weighted by molar-refractivity contribution is 0.379. The van der Waals surface area contributed by atoms with E-state index in [0.29, 0.717) is 12.2 Å². The molecule has 0 radical (unpaired) electrons. The summed E-state index contributed by atoms with van der Waals surface area (Å²) in [6.45, 7) is 1.83. The minimum absolute atomic E-state index is 0.0704. The number of nitrogens with zero attached hydrogens (tertiary/aromatic N) is 2. The molecule has 1 fully saturated rings. The smallest absolute Gasteiger partial charge is 0.318 e. The van der Waals surface area contributed by atoms with E-state index in [1.165, 1.54) is 7.11 Å². The first-order valence-corrected chi connectivity index (χ1v) is 7.17. The zero-order chi connectivity index (χ0) is 12.5. The minimum Gasteiger partial charge on any atom is -0.467 e. The van der Waals surface area contributed by atoms with E-state index in [1.807, 2.05) is 6.92 Å². The molecule has 1 aliphatic rings. The minimum atomic E-state index is -2.88. The van der Waals surface area contributed by atoms with Crippen LogP contribution >= 0.6 is 0 Å². The summed E-state index contributed by atoms with van der Waals surface area (Å²) in [6.07, 6.45) is 0.619. The molecule has 1 unspecified atom stereocenters. The van der Waals surface area contributed by atoms with Gasteiger partial charge in [0.1, 0.15) is 5.82 Å². The second-order valence-corrected chi connectivity index (χ2v) is 6.35. The molecule has 1 aromatic heterocycles. The van der Waals surface area contributed by atoms with E-state index in [2.05, 4.69) is 15.3 Å². The topological polar surface area (TPSA) is 81.2 Å². The third-order valence-corrected chi connectivity index (χ3v) is 4.37. The Hall–Kier alpha value is -1.37. The van der Waals surface area contributed by atoms with Crippen LogP contribution in [0.3, 0.4) is 0 Å². The van der Waals surface area contributed by atoms with Gasteiger partial charge in [0.05, 0.1) is 18.6 Å². The Morgan fingerprint density at radius 1 is 1.47 bits per heavy atom. The number of hydrogen-bond acceptors (Lipinski definition) is 6. The van der Waals surface area contributed by atoms with Crippen molar-refractivity contribution in [3.63, 3.8) is 0 Å². The van der Waals surface area contributed by atoms with Gasteiger partial charge < -0.3 is 10.1 Å². The molecule has 1 N–H and O–H groups in total. The molecule has 1 aromatic rings. The molecule has 0 aromatic carbocycles. The number of methoxy groups -OCH3 is 1. The van der Waals surface area contributed by atoms with E-state index in [1.54, 1.807) is 6.07 Å². The zero-order valence-electron chi connectivity index (χ0n) is 9.80. The highest BCUT2D eigenvalue weighted by atomic mass is 32.2. The Labute approximate surface area is 100 Å². The standard InChI is InChI=1S/C10H15N3O3S/c1-7-5-9(13-10(11-7)16-2)12-8-3-4-17(14,15)6-8/h5,8H,3-4,6H2,1-2H3,(H,11,12,13). The van der Waals surface area contributed by atoms with Gasteiger partial charge in [0.25, 0.3) is 0 Å². The molecule has 2 rings (SSSR count). The van der Waals surface area contributed by atoms with Gasteiger partial charge in [0.15, 0.2) is 9.84 Å².